The second kappa shape index (κ2) is 14.9. The number of nitrogens with zero attached hydrogens (tertiary/aromatic N) is 2. The van der Waals surface area contributed by atoms with E-state index >= 15 is 0 Å². The average molecular weight is 591 g/mol. The summed E-state index contributed by atoms with van der Waals surface area (Å²) in [7, 11) is 0. The first-order chi connectivity index (χ1) is 21.5. The number of carbonyl (C=O) groups excluding carboxylic acids is 2. The van der Waals surface area contributed by atoms with Gasteiger partial charge in [-0.05, 0) is 79.0 Å². The van der Waals surface area contributed by atoms with Crippen molar-refractivity contribution in [3.8, 4) is 0 Å². The molecule has 1 aromatic heterocycles. The van der Waals surface area contributed by atoms with Gasteiger partial charge in [0, 0.05) is 53.8 Å². The zero-order valence-corrected chi connectivity index (χ0v) is 27.3. The second-order valence-corrected chi connectivity index (χ2v) is 12.7. The zero-order chi connectivity index (χ0) is 31.1. The van der Waals surface area contributed by atoms with Crippen LogP contribution in [0.25, 0.3) is 10.9 Å². The summed E-state index contributed by atoms with van der Waals surface area (Å²) in [6.07, 6.45) is 12.6. The Morgan fingerprint density at radius 3 is 2.18 bits per heavy atom. The molecule has 4 heteroatoms. The molecule has 1 saturated heterocycles. The molecule has 3 aromatic carbocycles. The highest BCUT2D eigenvalue weighted by Gasteiger charge is 2.32. The van der Waals surface area contributed by atoms with Crippen LogP contribution in [0.1, 0.15) is 127 Å². The van der Waals surface area contributed by atoms with Gasteiger partial charge >= 0.3 is 0 Å². The molecule has 1 unspecified atom stereocenters. The van der Waals surface area contributed by atoms with E-state index in [-0.39, 0.29) is 17.6 Å². The van der Waals surface area contributed by atoms with Crippen LogP contribution in [-0.4, -0.2) is 34.2 Å². The number of hydrogen-bond donors (Lipinski definition) is 0. The highest BCUT2D eigenvalue weighted by molar-refractivity contribution is 6.16. The van der Waals surface area contributed by atoms with Gasteiger partial charge in [0.05, 0.1) is 5.56 Å². The number of ketones is 1. The van der Waals surface area contributed by atoms with Crippen LogP contribution in [0, 0.1) is 0 Å². The van der Waals surface area contributed by atoms with Gasteiger partial charge < -0.3 is 9.47 Å². The number of unbranched alkanes of at least 4 members (excludes halogenated alkanes) is 2. The highest BCUT2D eigenvalue weighted by Crippen LogP contribution is 2.35. The Kier molecular flexibility index (Phi) is 10.7. The topological polar surface area (TPSA) is 42.3 Å². The molecule has 2 heterocycles. The van der Waals surface area contributed by atoms with Gasteiger partial charge in [0.1, 0.15) is 0 Å². The predicted molar refractivity (Wildman–Crippen MR) is 183 cm³/mol. The van der Waals surface area contributed by atoms with Crippen molar-refractivity contribution in [2.75, 3.05) is 13.1 Å². The fourth-order valence-corrected chi connectivity index (χ4v) is 6.92. The van der Waals surface area contributed by atoms with Crippen molar-refractivity contribution in [1.29, 1.82) is 0 Å². The minimum atomic E-state index is -0.0219. The lowest BCUT2D eigenvalue weighted by molar-refractivity contribution is 0.0786. The Balaban J connectivity index is 1.45. The molecular weight excluding hydrogens is 540 g/mol. The van der Waals surface area contributed by atoms with Gasteiger partial charge in [-0.25, -0.2) is 0 Å². The van der Waals surface area contributed by atoms with E-state index in [9.17, 15) is 9.59 Å². The minimum Gasteiger partial charge on any atom is -0.347 e. The van der Waals surface area contributed by atoms with Gasteiger partial charge in [-0.1, -0.05) is 95.8 Å². The molecule has 1 amide bonds. The number of aryl methyl sites for hydroxylation is 4. The minimum absolute atomic E-state index is 0.0183. The first-order valence-corrected chi connectivity index (χ1v) is 17.1. The van der Waals surface area contributed by atoms with Crippen molar-refractivity contribution in [3.05, 3.63) is 106 Å². The molecule has 1 atom stereocenters. The molecule has 0 spiro atoms. The predicted octanol–water partition coefficient (Wildman–Crippen LogP) is 9.55. The second-order valence-electron chi connectivity index (χ2n) is 12.7. The maximum Gasteiger partial charge on any atom is 0.254 e. The molecule has 4 aromatic rings. The zero-order valence-electron chi connectivity index (χ0n) is 27.3. The molecule has 0 bridgehead atoms. The maximum atomic E-state index is 14.3. The Morgan fingerprint density at radius 2 is 1.45 bits per heavy atom. The number of benzene rings is 3. The Bertz CT molecular complexity index is 1600. The smallest absolute Gasteiger partial charge is 0.254 e. The number of carbonyl (C=O) groups is 2. The van der Waals surface area contributed by atoms with Gasteiger partial charge in [0.2, 0.25) is 0 Å². The molecule has 1 fully saturated rings. The number of likely N-dealkylation sites (tertiary alicyclic amines) is 1. The molecular formula is C40H50N2O2. The third kappa shape index (κ3) is 6.85. The van der Waals surface area contributed by atoms with Crippen LogP contribution in [-0.2, 0) is 25.8 Å². The van der Waals surface area contributed by atoms with Gasteiger partial charge in [-0.2, -0.15) is 0 Å². The van der Waals surface area contributed by atoms with Crippen molar-refractivity contribution in [2.45, 2.75) is 104 Å². The van der Waals surface area contributed by atoms with Crippen LogP contribution in [0.2, 0.25) is 0 Å². The summed E-state index contributed by atoms with van der Waals surface area (Å²) in [6, 6.07) is 21.0. The quantitative estimate of drug-likeness (QED) is 0.137. The summed E-state index contributed by atoms with van der Waals surface area (Å²) in [6.45, 7) is 11.2. The lowest BCUT2D eigenvalue weighted by atomic mass is 9.89. The Morgan fingerprint density at radius 1 is 0.750 bits per heavy atom. The highest BCUT2D eigenvalue weighted by atomic mass is 16.2. The summed E-state index contributed by atoms with van der Waals surface area (Å²) in [4.78, 5) is 30.6. The summed E-state index contributed by atoms with van der Waals surface area (Å²) >= 11 is 0. The molecule has 4 nitrogen and oxygen atoms in total. The van der Waals surface area contributed by atoms with Gasteiger partial charge in [-0.3, -0.25) is 9.59 Å². The fourth-order valence-electron chi connectivity index (χ4n) is 6.92. The standard InChI is InChI=1S/C40H50N2O2/c1-5-9-15-31-25-29(13-7-3)18-20-33(31)39(43)36-26-30(14-8-4)19-21-35(36)40(44)42-24-22-32(27-42)37-28-41(23-10-6-2)38-17-12-11-16-34(37)38/h11-12,16-21,25-26,28,32H,5-10,13-15,22-24,27H2,1-4H3. The molecule has 1 aliphatic heterocycles. The first kappa shape index (κ1) is 31.8. The van der Waals surface area contributed by atoms with E-state index in [1.54, 1.807) is 0 Å². The fraction of sp³-hybridized carbons (Fsp3) is 0.450. The third-order valence-electron chi connectivity index (χ3n) is 9.34. The number of para-hydroxylation sites is 1. The average Bonchev–Trinajstić information content (AvgIpc) is 3.68. The maximum absolute atomic E-state index is 14.3. The van der Waals surface area contributed by atoms with Crippen LogP contribution in [0.4, 0.5) is 0 Å². The monoisotopic (exact) mass is 590 g/mol. The molecule has 0 saturated carbocycles. The normalized spacial score (nSPS) is 14.9. The van der Waals surface area contributed by atoms with Crippen LogP contribution >= 0.6 is 0 Å². The van der Waals surface area contributed by atoms with Crippen molar-refractivity contribution in [1.82, 2.24) is 9.47 Å². The largest absolute Gasteiger partial charge is 0.347 e. The third-order valence-corrected chi connectivity index (χ3v) is 9.34. The first-order valence-electron chi connectivity index (χ1n) is 17.1. The number of amides is 1. The van der Waals surface area contributed by atoms with E-state index < -0.39 is 0 Å². The SMILES string of the molecule is CCCCc1cc(CCC)ccc1C(=O)c1cc(CCC)ccc1C(=O)N1CCC(c2cn(CCCC)c3ccccc23)C1. The molecule has 0 aliphatic carbocycles. The number of aromatic nitrogens is 1. The van der Waals surface area contributed by atoms with E-state index in [1.165, 1.54) is 22.0 Å². The molecule has 0 radical (unpaired) electrons. The van der Waals surface area contributed by atoms with E-state index in [4.69, 9.17) is 0 Å². The number of fused-ring (bicyclic) bond motifs is 1. The van der Waals surface area contributed by atoms with Crippen LogP contribution < -0.4 is 0 Å². The van der Waals surface area contributed by atoms with Crippen LogP contribution in [0.3, 0.4) is 0 Å². The van der Waals surface area contributed by atoms with E-state index in [0.717, 1.165) is 87.4 Å². The van der Waals surface area contributed by atoms with Crippen molar-refractivity contribution < 1.29 is 9.59 Å². The van der Waals surface area contributed by atoms with Crippen LogP contribution in [0.15, 0.2) is 66.9 Å². The number of rotatable bonds is 14. The Labute approximate surface area is 264 Å². The van der Waals surface area contributed by atoms with Gasteiger partial charge in [0.15, 0.2) is 5.78 Å². The van der Waals surface area contributed by atoms with E-state index in [0.29, 0.717) is 24.2 Å². The van der Waals surface area contributed by atoms with E-state index in [2.05, 4.69) is 74.9 Å². The molecule has 44 heavy (non-hydrogen) atoms. The van der Waals surface area contributed by atoms with Gasteiger partial charge in [-0.15, -0.1) is 0 Å². The van der Waals surface area contributed by atoms with Gasteiger partial charge in [0.25, 0.3) is 5.91 Å². The van der Waals surface area contributed by atoms with E-state index in [1.807, 2.05) is 29.2 Å². The van der Waals surface area contributed by atoms with Crippen LogP contribution in [0.5, 0.6) is 0 Å². The van der Waals surface area contributed by atoms with Crippen molar-refractivity contribution >= 4 is 22.6 Å². The summed E-state index contributed by atoms with van der Waals surface area (Å²) < 4.78 is 2.39. The molecule has 1 aliphatic rings. The number of hydrogen-bond acceptors (Lipinski definition) is 2. The van der Waals surface area contributed by atoms with Crippen molar-refractivity contribution in [3.63, 3.8) is 0 Å². The molecule has 0 N–H and O–H groups in total. The summed E-state index contributed by atoms with van der Waals surface area (Å²) in [5, 5.41) is 1.30. The lowest BCUT2D eigenvalue weighted by Gasteiger charge is -2.20. The lowest BCUT2D eigenvalue weighted by Crippen LogP contribution is -2.30. The van der Waals surface area contributed by atoms with Crippen molar-refractivity contribution in [2.24, 2.45) is 0 Å². The summed E-state index contributed by atoms with van der Waals surface area (Å²) in [5.41, 5.74) is 7.98. The Hall–Kier alpha value is -3.66. The molecule has 232 valence electrons. The molecule has 5 rings (SSSR count). The summed E-state index contributed by atoms with van der Waals surface area (Å²) in [5.74, 6) is 0.249.